The summed E-state index contributed by atoms with van der Waals surface area (Å²) in [5.41, 5.74) is 0. The SMILES string of the molecule is O=C(O)C1OC(OCC(Cl)(Cl)Cl)C(O)C(O)C1O. The van der Waals surface area contributed by atoms with Crippen molar-refractivity contribution in [3.63, 3.8) is 0 Å². The van der Waals surface area contributed by atoms with E-state index in [1.54, 1.807) is 0 Å². The van der Waals surface area contributed by atoms with Crippen LogP contribution in [0.15, 0.2) is 0 Å². The van der Waals surface area contributed by atoms with Crippen molar-refractivity contribution in [3.8, 4) is 0 Å². The monoisotopic (exact) mass is 324 g/mol. The van der Waals surface area contributed by atoms with Gasteiger partial charge in [0.1, 0.15) is 18.3 Å². The highest BCUT2D eigenvalue weighted by molar-refractivity contribution is 6.67. The lowest BCUT2D eigenvalue weighted by atomic mass is 9.99. The Hall–Kier alpha value is 0.140. The van der Waals surface area contributed by atoms with Crippen LogP contribution in [0.5, 0.6) is 0 Å². The number of ether oxygens (including phenoxy) is 2. The highest BCUT2D eigenvalue weighted by Crippen LogP contribution is 2.29. The first-order chi connectivity index (χ1) is 8.13. The summed E-state index contributed by atoms with van der Waals surface area (Å²) < 4.78 is 7.85. The Kier molecular flexibility index (Phi) is 5.45. The molecule has 1 fully saturated rings. The average molecular weight is 326 g/mol. The molecule has 1 rings (SSSR count). The lowest BCUT2D eigenvalue weighted by Gasteiger charge is -2.38. The fraction of sp³-hybridized carbons (Fsp3) is 0.875. The third kappa shape index (κ3) is 4.07. The minimum absolute atomic E-state index is 0.492. The van der Waals surface area contributed by atoms with E-state index in [2.05, 4.69) is 0 Å². The van der Waals surface area contributed by atoms with E-state index in [0.717, 1.165) is 0 Å². The molecule has 18 heavy (non-hydrogen) atoms. The van der Waals surface area contributed by atoms with Gasteiger partial charge in [0.15, 0.2) is 12.4 Å². The number of halogens is 3. The van der Waals surface area contributed by atoms with E-state index in [-0.39, 0.29) is 0 Å². The molecule has 106 valence electrons. The lowest BCUT2D eigenvalue weighted by Crippen LogP contribution is -2.60. The summed E-state index contributed by atoms with van der Waals surface area (Å²) in [5.74, 6) is -1.52. The van der Waals surface area contributed by atoms with Gasteiger partial charge < -0.3 is 29.9 Å². The third-order valence-electron chi connectivity index (χ3n) is 2.22. The first-order valence-corrected chi connectivity index (χ1v) is 5.87. The second kappa shape index (κ2) is 6.06. The van der Waals surface area contributed by atoms with Crippen molar-refractivity contribution in [1.82, 2.24) is 0 Å². The first kappa shape index (κ1) is 16.2. The number of aliphatic carboxylic acids is 1. The molecule has 0 aliphatic carbocycles. The number of hydrogen-bond donors (Lipinski definition) is 4. The van der Waals surface area contributed by atoms with Gasteiger partial charge in [-0.3, -0.25) is 0 Å². The van der Waals surface area contributed by atoms with Crippen LogP contribution < -0.4 is 0 Å². The number of carboxylic acids is 1. The first-order valence-electron chi connectivity index (χ1n) is 4.74. The van der Waals surface area contributed by atoms with Crippen LogP contribution in [0.2, 0.25) is 0 Å². The Morgan fingerprint density at radius 3 is 2.17 bits per heavy atom. The maximum Gasteiger partial charge on any atom is 0.335 e. The molecule has 0 radical (unpaired) electrons. The van der Waals surface area contributed by atoms with Crippen LogP contribution in [-0.4, -0.2) is 67.5 Å². The minimum atomic E-state index is -1.79. The van der Waals surface area contributed by atoms with E-state index in [1.165, 1.54) is 0 Å². The van der Waals surface area contributed by atoms with Crippen LogP contribution in [0.1, 0.15) is 0 Å². The van der Waals surface area contributed by atoms with Gasteiger partial charge in [-0.25, -0.2) is 4.79 Å². The van der Waals surface area contributed by atoms with Crippen LogP contribution in [0.3, 0.4) is 0 Å². The van der Waals surface area contributed by atoms with E-state index in [1.807, 2.05) is 0 Å². The number of rotatable bonds is 3. The molecule has 1 aliphatic heterocycles. The number of carboxylic acid groups (broad SMARTS) is 1. The molecular formula is C8H11Cl3O7. The standard InChI is InChI=1S/C8H11Cl3O7/c9-8(10,11)1-17-7-4(14)2(12)3(13)5(18-7)6(15)16/h2-5,7,12-14H,1H2,(H,15,16). The summed E-state index contributed by atoms with van der Waals surface area (Å²) in [6.45, 7) is -0.492. The van der Waals surface area contributed by atoms with Gasteiger partial charge in [-0.2, -0.15) is 0 Å². The summed E-state index contributed by atoms with van der Waals surface area (Å²) in [7, 11) is 0. The zero-order valence-electron chi connectivity index (χ0n) is 8.74. The van der Waals surface area contributed by atoms with Crippen LogP contribution in [0.25, 0.3) is 0 Å². The zero-order chi connectivity index (χ0) is 14.1. The van der Waals surface area contributed by atoms with E-state index >= 15 is 0 Å². The zero-order valence-corrected chi connectivity index (χ0v) is 11.0. The molecule has 0 aromatic carbocycles. The Labute approximate surface area is 117 Å². The Morgan fingerprint density at radius 1 is 1.17 bits per heavy atom. The van der Waals surface area contributed by atoms with Crippen molar-refractivity contribution < 1.29 is 34.7 Å². The largest absolute Gasteiger partial charge is 0.479 e. The molecule has 0 aromatic heterocycles. The van der Waals surface area contributed by atoms with Crippen molar-refractivity contribution in [2.24, 2.45) is 0 Å². The topological polar surface area (TPSA) is 116 Å². The molecule has 5 unspecified atom stereocenters. The lowest BCUT2D eigenvalue weighted by molar-refractivity contribution is -0.293. The molecule has 0 aromatic rings. The highest BCUT2D eigenvalue weighted by atomic mass is 35.6. The summed E-state index contributed by atoms with van der Waals surface area (Å²) in [6, 6.07) is 0. The Bertz CT molecular complexity index is 308. The number of hydrogen-bond acceptors (Lipinski definition) is 6. The van der Waals surface area contributed by atoms with Gasteiger partial charge >= 0.3 is 5.97 Å². The molecule has 0 spiro atoms. The fourth-order valence-electron chi connectivity index (χ4n) is 1.37. The number of aliphatic hydroxyl groups excluding tert-OH is 3. The molecule has 1 aliphatic rings. The van der Waals surface area contributed by atoms with Gasteiger partial charge in [0.2, 0.25) is 3.79 Å². The molecule has 10 heteroatoms. The van der Waals surface area contributed by atoms with Crippen LogP contribution in [0, 0.1) is 0 Å². The number of aliphatic hydroxyl groups is 3. The van der Waals surface area contributed by atoms with Gasteiger partial charge in [-0.15, -0.1) is 0 Å². The number of alkyl halides is 3. The second-order valence-corrected chi connectivity index (χ2v) is 6.18. The molecule has 0 amide bonds. The van der Waals surface area contributed by atoms with Crippen molar-refractivity contribution in [2.75, 3.05) is 6.61 Å². The normalized spacial score (nSPS) is 37.6. The van der Waals surface area contributed by atoms with Gasteiger partial charge in [0.25, 0.3) is 0 Å². The fourth-order valence-corrected chi connectivity index (χ4v) is 1.56. The van der Waals surface area contributed by atoms with Gasteiger partial charge in [0.05, 0.1) is 6.61 Å². The molecule has 7 nitrogen and oxygen atoms in total. The van der Waals surface area contributed by atoms with E-state index in [4.69, 9.17) is 49.4 Å². The second-order valence-electron chi connectivity index (χ2n) is 3.66. The van der Waals surface area contributed by atoms with Gasteiger partial charge in [-0.1, -0.05) is 34.8 Å². The number of carbonyl (C=O) groups is 1. The summed E-state index contributed by atoms with van der Waals surface area (Å²) in [6.07, 6.45) is -8.47. The summed E-state index contributed by atoms with van der Waals surface area (Å²) in [4.78, 5) is 10.8. The molecule has 4 N–H and O–H groups in total. The molecule has 1 saturated heterocycles. The van der Waals surface area contributed by atoms with Crippen molar-refractivity contribution >= 4 is 40.8 Å². The van der Waals surface area contributed by atoms with Crippen molar-refractivity contribution in [2.45, 2.75) is 34.5 Å². The van der Waals surface area contributed by atoms with Crippen LogP contribution in [-0.2, 0) is 14.3 Å². The quantitative estimate of drug-likeness (QED) is 0.505. The van der Waals surface area contributed by atoms with E-state index < -0.39 is 47.1 Å². The van der Waals surface area contributed by atoms with Gasteiger partial charge in [-0.05, 0) is 0 Å². The van der Waals surface area contributed by atoms with Gasteiger partial charge in [0, 0.05) is 0 Å². The average Bonchev–Trinajstić information content (AvgIpc) is 2.23. The predicted molar refractivity (Wildman–Crippen MR) is 60.6 cm³/mol. The maximum absolute atomic E-state index is 10.8. The predicted octanol–water partition coefficient (Wildman–Crippen LogP) is -0.735. The van der Waals surface area contributed by atoms with E-state index in [0.29, 0.717) is 0 Å². The maximum atomic E-state index is 10.8. The Morgan fingerprint density at radius 2 is 1.72 bits per heavy atom. The highest BCUT2D eigenvalue weighted by Gasteiger charge is 2.47. The third-order valence-corrected chi connectivity index (χ3v) is 2.55. The van der Waals surface area contributed by atoms with Crippen molar-refractivity contribution in [1.29, 1.82) is 0 Å². The molecule has 0 saturated carbocycles. The van der Waals surface area contributed by atoms with Crippen molar-refractivity contribution in [3.05, 3.63) is 0 Å². The van der Waals surface area contributed by atoms with E-state index in [9.17, 15) is 20.1 Å². The molecule has 5 atom stereocenters. The smallest absolute Gasteiger partial charge is 0.335 e. The Balaban J connectivity index is 2.70. The van der Waals surface area contributed by atoms with Crippen LogP contribution >= 0.6 is 34.8 Å². The summed E-state index contributed by atoms with van der Waals surface area (Å²) in [5, 5.41) is 37.1. The molecule has 0 bridgehead atoms. The molecular weight excluding hydrogens is 314 g/mol. The minimum Gasteiger partial charge on any atom is -0.479 e. The van der Waals surface area contributed by atoms with Crippen LogP contribution in [0.4, 0.5) is 0 Å². The molecule has 1 heterocycles. The summed E-state index contributed by atoms with van der Waals surface area (Å²) >= 11 is 16.2.